The Morgan fingerprint density at radius 3 is 2.77 bits per heavy atom. The largest absolute Gasteiger partial charge is 0.495 e. The number of amides is 2. The number of methoxy groups -OCH3 is 1. The molecule has 0 saturated carbocycles. The molecular weight excluding hydrogens is 296 g/mol. The van der Waals surface area contributed by atoms with Crippen LogP contribution >= 0.6 is 11.8 Å². The number of thioether (sulfide) groups is 1. The van der Waals surface area contributed by atoms with Gasteiger partial charge in [0.1, 0.15) is 5.75 Å². The van der Waals surface area contributed by atoms with E-state index in [-0.39, 0.29) is 6.03 Å². The zero-order valence-corrected chi connectivity index (χ0v) is 13.4. The first-order valence-electron chi connectivity index (χ1n) is 7.16. The Hall–Kier alpha value is -2.14. The van der Waals surface area contributed by atoms with Crippen LogP contribution in [0, 0.1) is 0 Å². The average molecular weight is 314 g/mol. The van der Waals surface area contributed by atoms with Crippen LogP contribution in [0.5, 0.6) is 5.75 Å². The molecule has 1 aliphatic heterocycles. The summed E-state index contributed by atoms with van der Waals surface area (Å²) in [4.78, 5) is 15.6. The number of nitrogens with zero attached hydrogens (tertiary/aromatic N) is 1. The summed E-state index contributed by atoms with van der Waals surface area (Å²) in [5.74, 6) is 0.656. The van der Waals surface area contributed by atoms with Crippen molar-refractivity contribution >= 4 is 29.2 Å². The number of ether oxygens (including phenoxy) is 1. The van der Waals surface area contributed by atoms with E-state index < -0.39 is 0 Å². The summed E-state index contributed by atoms with van der Waals surface area (Å²) in [5, 5.41) is 3.30. The van der Waals surface area contributed by atoms with Gasteiger partial charge in [-0.2, -0.15) is 0 Å². The van der Waals surface area contributed by atoms with E-state index in [1.807, 2.05) is 42.5 Å². The van der Waals surface area contributed by atoms with Crippen molar-refractivity contribution in [1.29, 1.82) is 0 Å². The van der Waals surface area contributed by atoms with Gasteiger partial charge < -0.3 is 10.1 Å². The SMILES string of the molecule is COc1ccccc1NC(=O)N1C[C@@H](C)Sc2ccccc21. The highest BCUT2D eigenvalue weighted by atomic mass is 32.2. The van der Waals surface area contributed by atoms with E-state index in [0.29, 0.717) is 23.2 Å². The van der Waals surface area contributed by atoms with Gasteiger partial charge >= 0.3 is 6.03 Å². The maximum Gasteiger partial charge on any atom is 0.326 e. The molecule has 2 amide bonds. The predicted molar refractivity (Wildman–Crippen MR) is 91.1 cm³/mol. The Labute approximate surface area is 134 Å². The standard InChI is InChI=1S/C17H18N2O2S/c1-12-11-19(14-8-4-6-10-16(14)22-12)17(20)18-13-7-3-5-9-15(13)21-2/h3-10,12H,11H2,1-2H3,(H,18,20)/t12-/m1/s1. The second-order valence-electron chi connectivity index (χ2n) is 5.14. The molecule has 5 heteroatoms. The zero-order valence-electron chi connectivity index (χ0n) is 12.6. The van der Waals surface area contributed by atoms with Gasteiger partial charge in [0, 0.05) is 16.7 Å². The minimum absolute atomic E-state index is 0.135. The van der Waals surface area contributed by atoms with Gasteiger partial charge in [-0.25, -0.2) is 4.79 Å². The van der Waals surface area contributed by atoms with E-state index in [9.17, 15) is 4.79 Å². The molecule has 1 aliphatic rings. The Morgan fingerprint density at radius 1 is 1.23 bits per heavy atom. The third kappa shape index (κ3) is 2.90. The molecule has 0 saturated heterocycles. The Kier molecular flexibility index (Phi) is 4.24. The summed E-state index contributed by atoms with van der Waals surface area (Å²) < 4.78 is 5.29. The highest BCUT2D eigenvalue weighted by molar-refractivity contribution is 8.00. The van der Waals surface area contributed by atoms with Crippen molar-refractivity contribution < 1.29 is 9.53 Å². The number of urea groups is 1. The summed E-state index contributed by atoms with van der Waals surface area (Å²) in [6.45, 7) is 2.81. The molecule has 2 aromatic rings. The molecule has 1 atom stereocenters. The molecule has 0 fully saturated rings. The monoisotopic (exact) mass is 314 g/mol. The molecule has 0 radical (unpaired) electrons. The van der Waals surface area contributed by atoms with E-state index in [4.69, 9.17) is 4.74 Å². The Morgan fingerprint density at radius 2 is 1.95 bits per heavy atom. The topological polar surface area (TPSA) is 41.6 Å². The fourth-order valence-electron chi connectivity index (χ4n) is 2.51. The highest BCUT2D eigenvalue weighted by Crippen LogP contribution is 2.38. The summed E-state index contributed by atoms with van der Waals surface area (Å²) in [6.07, 6.45) is 0. The lowest BCUT2D eigenvalue weighted by molar-refractivity contribution is 0.256. The van der Waals surface area contributed by atoms with Gasteiger partial charge in [0.25, 0.3) is 0 Å². The van der Waals surface area contributed by atoms with E-state index in [1.165, 1.54) is 0 Å². The van der Waals surface area contributed by atoms with E-state index in [2.05, 4.69) is 18.3 Å². The number of hydrogen-bond donors (Lipinski definition) is 1. The van der Waals surface area contributed by atoms with Crippen molar-refractivity contribution in [1.82, 2.24) is 0 Å². The molecule has 1 N–H and O–H groups in total. The molecule has 0 unspecified atom stereocenters. The summed E-state index contributed by atoms with van der Waals surface area (Å²) in [6, 6.07) is 15.3. The first-order chi connectivity index (χ1) is 10.7. The highest BCUT2D eigenvalue weighted by Gasteiger charge is 2.27. The van der Waals surface area contributed by atoms with Crippen LogP contribution in [0.4, 0.5) is 16.2 Å². The van der Waals surface area contributed by atoms with E-state index in [0.717, 1.165) is 10.6 Å². The first-order valence-corrected chi connectivity index (χ1v) is 8.04. The molecule has 114 valence electrons. The van der Waals surface area contributed by atoms with Crippen molar-refractivity contribution in [3.63, 3.8) is 0 Å². The molecule has 1 heterocycles. The lowest BCUT2D eigenvalue weighted by Crippen LogP contribution is -2.41. The van der Waals surface area contributed by atoms with Crippen molar-refractivity contribution in [2.45, 2.75) is 17.1 Å². The minimum Gasteiger partial charge on any atom is -0.495 e. The summed E-state index contributed by atoms with van der Waals surface area (Å²) >= 11 is 1.80. The van der Waals surface area contributed by atoms with Gasteiger partial charge in [-0.3, -0.25) is 4.90 Å². The van der Waals surface area contributed by atoms with Crippen LogP contribution in [0.15, 0.2) is 53.4 Å². The molecule has 3 rings (SSSR count). The molecule has 2 aromatic carbocycles. The van der Waals surface area contributed by atoms with Gasteiger partial charge in [0.15, 0.2) is 0 Å². The maximum atomic E-state index is 12.7. The van der Waals surface area contributed by atoms with Crippen LogP contribution in [0.25, 0.3) is 0 Å². The van der Waals surface area contributed by atoms with Crippen LogP contribution in [0.2, 0.25) is 0 Å². The molecule has 0 aromatic heterocycles. The number of nitrogens with one attached hydrogen (secondary N) is 1. The predicted octanol–water partition coefficient (Wildman–Crippen LogP) is 4.23. The van der Waals surface area contributed by atoms with Gasteiger partial charge in [0.2, 0.25) is 0 Å². The van der Waals surface area contributed by atoms with Crippen LogP contribution in [0.3, 0.4) is 0 Å². The summed E-state index contributed by atoms with van der Waals surface area (Å²) in [5.41, 5.74) is 1.64. The van der Waals surface area contributed by atoms with Gasteiger partial charge in [0.05, 0.1) is 18.5 Å². The molecule has 4 nitrogen and oxygen atoms in total. The van der Waals surface area contributed by atoms with Crippen molar-refractivity contribution in [2.75, 3.05) is 23.9 Å². The van der Waals surface area contributed by atoms with Gasteiger partial charge in [-0.05, 0) is 24.3 Å². The van der Waals surface area contributed by atoms with Crippen LogP contribution < -0.4 is 15.0 Å². The first kappa shape index (κ1) is 14.8. The third-order valence-corrected chi connectivity index (χ3v) is 4.67. The molecule has 0 bridgehead atoms. The lowest BCUT2D eigenvalue weighted by Gasteiger charge is -2.32. The minimum atomic E-state index is -0.135. The number of benzene rings is 2. The molecule has 0 aliphatic carbocycles. The molecular formula is C17H18N2O2S. The number of rotatable bonds is 2. The normalized spacial score (nSPS) is 16.8. The zero-order chi connectivity index (χ0) is 15.5. The lowest BCUT2D eigenvalue weighted by atomic mass is 10.2. The quantitative estimate of drug-likeness (QED) is 0.902. The van der Waals surface area contributed by atoms with Crippen LogP contribution in [-0.2, 0) is 0 Å². The molecule has 22 heavy (non-hydrogen) atoms. The second-order valence-corrected chi connectivity index (χ2v) is 6.62. The number of anilines is 2. The van der Waals surface area contributed by atoms with Crippen LogP contribution in [-0.4, -0.2) is 24.9 Å². The second kappa shape index (κ2) is 6.32. The van der Waals surface area contributed by atoms with Crippen molar-refractivity contribution in [2.24, 2.45) is 0 Å². The number of carbonyl (C=O) groups excluding carboxylic acids is 1. The fraction of sp³-hybridized carbons (Fsp3) is 0.235. The van der Waals surface area contributed by atoms with Crippen molar-refractivity contribution in [3.8, 4) is 5.75 Å². The summed E-state index contributed by atoms with van der Waals surface area (Å²) in [7, 11) is 1.60. The van der Waals surface area contributed by atoms with Crippen LogP contribution in [0.1, 0.15) is 6.92 Å². The maximum absolute atomic E-state index is 12.7. The van der Waals surface area contributed by atoms with Crippen molar-refractivity contribution in [3.05, 3.63) is 48.5 Å². The third-order valence-electron chi connectivity index (χ3n) is 3.52. The molecule has 0 spiro atoms. The number of hydrogen-bond acceptors (Lipinski definition) is 3. The number of fused-ring (bicyclic) bond motifs is 1. The van der Waals surface area contributed by atoms with Gasteiger partial charge in [-0.15, -0.1) is 11.8 Å². The van der Waals surface area contributed by atoms with E-state index >= 15 is 0 Å². The Bertz CT molecular complexity index is 690. The number of para-hydroxylation sites is 3. The Balaban J connectivity index is 1.86. The fourth-order valence-corrected chi connectivity index (χ4v) is 3.63. The van der Waals surface area contributed by atoms with E-state index in [1.54, 1.807) is 23.8 Å². The smallest absolute Gasteiger partial charge is 0.326 e. The van der Waals surface area contributed by atoms with Gasteiger partial charge in [-0.1, -0.05) is 31.2 Å². The number of carbonyl (C=O) groups is 1. The average Bonchev–Trinajstić information content (AvgIpc) is 2.54.